The van der Waals surface area contributed by atoms with E-state index < -0.39 is 45.5 Å². The average Bonchev–Trinajstić information content (AvgIpc) is 3.53. The normalized spacial score (nSPS) is 12.3. The Labute approximate surface area is 256 Å². The van der Waals surface area contributed by atoms with Gasteiger partial charge in [-0.2, -0.15) is 42.1 Å². The number of nitriles is 8. The van der Waals surface area contributed by atoms with Crippen molar-refractivity contribution in [2.24, 2.45) is 0 Å². The van der Waals surface area contributed by atoms with Crippen molar-refractivity contribution in [1.82, 2.24) is 0 Å². The molecule has 0 aromatic heterocycles. The minimum Gasteiger partial charge on any atom is -0.205 e. The maximum absolute atomic E-state index is 14.7. The van der Waals surface area contributed by atoms with Crippen molar-refractivity contribution in [1.29, 1.82) is 42.1 Å². The number of rotatable bonds is 2. The molecule has 8 nitrogen and oxygen atoms in total. The molecule has 12 heteroatoms. The Kier molecular flexibility index (Phi) is 7.21. The Morgan fingerprint density at radius 1 is 0.413 bits per heavy atom. The minimum atomic E-state index is -1.28. The Hall–Kier alpha value is -7.74. The smallest absolute Gasteiger partial charge is 0.144 e. The zero-order chi connectivity index (χ0) is 33.4. The molecule has 46 heavy (non-hydrogen) atoms. The number of hydrogen-bond donors (Lipinski definition) is 0. The van der Waals surface area contributed by atoms with Crippen LogP contribution in [0, 0.1) is 114 Å². The highest BCUT2D eigenvalue weighted by molar-refractivity contribution is 6.29. The van der Waals surface area contributed by atoms with E-state index in [4.69, 9.17) is 10.5 Å². The lowest BCUT2D eigenvalue weighted by molar-refractivity contribution is 0.575. The molecule has 3 aromatic rings. The van der Waals surface area contributed by atoms with Crippen molar-refractivity contribution in [2.75, 3.05) is 0 Å². The molecule has 0 N–H and O–H groups in total. The van der Waals surface area contributed by atoms with Crippen molar-refractivity contribution in [3.05, 3.63) is 115 Å². The lowest BCUT2D eigenvalue weighted by Gasteiger charge is -2.12. The predicted octanol–water partition coefficient (Wildman–Crippen LogP) is 6.48. The quantitative estimate of drug-likeness (QED) is 0.235. The molecule has 2 aliphatic rings. The topological polar surface area (TPSA) is 190 Å². The summed E-state index contributed by atoms with van der Waals surface area (Å²) in [7, 11) is 0. The zero-order valence-corrected chi connectivity index (χ0v) is 22.6. The third-order valence-electron chi connectivity index (χ3n) is 7.29. The predicted molar refractivity (Wildman–Crippen MR) is 150 cm³/mol. The van der Waals surface area contributed by atoms with Crippen LogP contribution in [0.25, 0.3) is 33.4 Å². The Bertz CT molecular complexity index is 2250. The molecule has 3 aromatic carbocycles. The van der Waals surface area contributed by atoms with Gasteiger partial charge in [-0.3, -0.25) is 0 Å². The van der Waals surface area contributed by atoms with Crippen LogP contribution in [-0.2, 0) is 0 Å². The Morgan fingerprint density at radius 2 is 0.717 bits per heavy atom. The van der Waals surface area contributed by atoms with E-state index in [9.17, 15) is 49.1 Å². The van der Waals surface area contributed by atoms with Gasteiger partial charge in [0, 0.05) is 33.4 Å². The number of nitrogens with zero attached hydrogens (tertiary/aromatic N) is 8. The second kappa shape index (κ2) is 11.2. The van der Waals surface area contributed by atoms with Crippen molar-refractivity contribution < 1.29 is 17.6 Å². The van der Waals surface area contributed by atoms with Gasteiger partial charge in [0.25, 0.3) is 0 Å². The van der Waals surface area contributed by atoms with Crippen LogP contribution >= 0.6 is 0 Å². The second-order valence-electron chi connectivity index (χ2n) is 9.47. The number of fused-ring (bicyclic) bond motifs is 2. The largest absolute Gasteiger partial charge is 0.205 e. The third kappa shape index (κ3) is 4.15. The summed E-state index contributed by atoms with van der Waals surface area (Å²) in [5.74, 6) is -5.13. The van der Waals surface area contributed by atoms with Crippen LogP contribution in [0.5, 0.6) is 0 Å². The van der Waals surface area contributed by atoms with Gasteiger partial charge in [0.2, 0.25) is 0 Å². The molecule has 0 aliphatic heterocycles. The van der Waals surface area contributed by atoms with E-state index in [1.165, 1.54) is 24.3 Å². The van der Waals surface area contributed by atoms with Crippen molar-refractivity contribution in [3.8, 4) is 48.6 Å². The van der Waals surface area contributed by atoms with Gasteiger partial charge in [-0.15, -0.1) is 0 Å². The molecule has 0 heterocycles. The average molecular weight is 602 g/mol. The summed E-state index contributed by atoms with van der Waals surface area (Å²) in [5, 5.41) is 78.0. The molecule has 0 saturated heterocycles. The SMILES string of the molecule is N#CC(C#N)=C1C(c2cc(F)c(C#N)c(F)c2)=C(C#N)c2cc3c(cc21)C(=C(C#N)C#N)C(c1cc(F)c(C#N)c(F)c1)=C3C#N. The standard InChI is InChI=1S/C34H6F4N8/c35-27-1-15(2-28(36)25(27)13-45)31-23(11-43)19-5-20-22(6-21(19)33(31)17(7-39)8-40)34(18(9-41)10-42)32(24(20)12-44)16-3-29(37)26(14-46)30(38)4-16/h1-6H. The van der Waals surface area contributed by atoms with E-state index in [0.29, 0.717) is 0 Å². The first-order valence-electron chi connectivity index (χ1n) is 12.5. The fourth-order valence-corrected chi connectivity index (χ4v) is 5.47. The molecule has 210 valence electrons. The van der Waals surface area contributed by atoms with Gasteiger partial charge in [0.1, 0.15) is 94.1 Å². The van der Waals surface area contributed by atoms with Crippen LogP contribution in [-0.4, -0.2) is 0 Å². The van der Waals surface area contributed by atoms with Crippen LogP contribution in [0.15, 0.2) is 47.5 Å². The molecule has 0 spiro atoms. The fourth-order valence-electron chi connectivity index (χ4n) is 5.47. The van der Waals surface area contributed by atoms with Gasteiger partial charge in [-0.05, 0) is 58.7 Å². The highest BCUT2D eigenvalue weighted by atomic mass is 19.1. The van der Waals surface area contributed by atoms with Crippen LogP contribution in [0.1, 0.15) is 44.5 Å². The lowest BCUT2D eigenvalue weighted by Crippen LogP contribution is -1.98. The highest BCUT2D eigenvalue weighted by Crippen LogP contribution is 2.54. The summed E-state index contributed by atoms with van der Waals surface area (Å²) in [6.07, 6.45) is 0. The first kappa shape index (κ1) is 29.7. The van der Waals surface area contributed by atoms with E-state index in [-0.39, 0.29) is 66.8 Å². The van der Waals surface area contributed by atoms with Gasteiger partial charge < -0.3 is 0 Å². The summed E-state index contributed by atoms with van der Waals surface area (Å²) in [6, 6.07) is 18.8. The van der Waals surface area contributed by atoms with E-state index in [1.54, 1.807) is 24.3 Å². The zero-order valence-electron chi connectivity index (χ0n) is 22.6. The van der Waals surface area contributed by atoms with E-state index >= 15 is 0 Å². The maximum Gasteiger partial charge on any atom is 0.144 e. The number of benzene rings is 3. The molecular weight excluding hydrogens is 596 g/mol. The number of hydrogen-bond acceptors (Lipinski definition) is 8. The number of allylic oxidation sites excluding steroid dienone is 8. The molecule has 0 saturated carbocycles. The Morgan fingerprint density at radius 3 is 0.978 bits per heavy atom. The van der Waals surface area contributed by atoms with Crippen molar-refractivity contribution in [3.63, 3.8) is 0 Å². The van der Waals surface area contributed by atoms with Gasteiger partial charge in [-0.1, -0.05) is 0 Å². The summed E-state index contributed by atoms with van der Waals surface area (Å²) in [6.45, 7) is 0. The van der Waals surface area contributed by atoms with Crippen LogP contribution in [0.3, 0.4) is 0 Å². The van der Waals surface area contributed by atoms with Gasteiger partial charge >= 0.3 is 0 Å². The van der Waals surface area contributed by atoms with E-state index in [1.807, 2.05) is 12.1 Å². The van der Waals surface area contributed by atoms with Crippen LogP contribution in [0.4, 0.5) is 17.6 Å². The molecule has 0 radical (unpaired) electrons. The molecule has 0 atom stereocenters. The van der Waals surface area contributed by atoms with E-state index in [2.05, 4.69) is 0 Å². The van der Waals surface area contributed by atoms with E-state index in [0.717, 1.165) is 24.3 Å². The molecule has 0 unspecified atom stereocenters. The molecule has 2 aliphatic carbocycles. The first-order chi connectivity index (χ1) is 22.1. The fraction of sp³-hybridized carbons (Fsp3) is 0. The summed E-state index contributed by atoms with van der Waals surface area (Å²) < 4.78 is 59.0. The molecule has 0 fully saturated rings. The maximum atomic E-state index is 14.7. The van der Waals surface area contributed by atoms with Crippen molar-refractivity contribution >= 4 is 33.4 Å². The molecule has 0 bridgehead atoms. The second-order valence-corrected chi connectivity index (χ2v) is 9.47. The summed E-state index contributed by atoms with van der Waals surface area (Å²) in [4.78, 5) is 0. The highest BCUT2D eigenvalue weighted by Gasteiger charge is 2.38. The van der Waals surface area contributed by atoms with Crippen LogP contribution < -0.4 is 0 Å². The van der Waals surface area contributed by atoms with Gasteiger partial charge in [0.15, 0.2) is 0 Å². The minimum absolute atomic E-state index is 0.0135. The molecule has 0 amide bonds. The van der Waals surface area contributed by atoms with Gasteiger partial charge in [-0.25, -0.2) is 17.6 Å². The van der Waals surface area contributed by atoms with Crippen molar-refractivity contribution in [2.45, 2.75) is 0 Å². The monoisotopic (exact) mass is 602 g/mol. The molecule has 5 rings (SSSR count). The third-order valence-corrected chi connectivity index (χ3v) is 7.29. The number of halogens is 4. The first-order valence-corrected chi connectivity index (χ1v) is 12.5. The summed E-state index contributed by atoms with van der Waals surface area (Å²) >= 11 is 0. The Balaban J connectivity index is 1.95. The molecular formula is C34H6F4N8. The van der Waals surface area contributed by atoms with Crippen LogP contribution in [0.2, 0.25) is 0 Å². The summed E-state index contributed by atoms with van der Waals surface area (Å²) in [5.41, 5.74) is -5.26. The lowest BCUT2D eigenvalue weighted by atomic mass is 9.89. The van der Waals surface area contributed by atoms with Gasteiger partial charge in [0.05, 0.1) is 11.1 Å².